The molecule has 5 nitrogen and oxygen atoms in total. The highest BCUT2D eigenvalue weighted by molar-refractivity contribution is 9.09. The largest absolute Gasteiger partial charge is 0.383 e. The molecule has 0 aliphatic rings. The second-order valence-electron chi connectivity index (χ2n) is 5.01. The first kappa shape index (κ1) is 21.3. The molecular formula is C15H32BrNO4. The summed E-state index contributed by atoms with van der Waals surface area (Å²) in [6.45, 7) is 8.88. The summed E-state index contributed by atoms with van der Waals surface area (Å²) in [4.78, 5) is 2.59. The molecule has 0 rings (SSSR count). The van der Waals surface area contributed by atoms with Gasteiger partial charge in [0.25, 0.3) is 0 Å². The van der Waals surface area contributed by atoms with Gasteiger partial charge in [-0.1, -0.05) is 29.3 Å². The Bertz CT molecular complexity index is 210. The first-order valence-corrected chi connectivity index (χ1v) is 8.67. The van der Waals surface area contributed by atoms with Gasteiger partial charge in [-0.15, -0.1) is 0 Å². The van der Waals surface area contributed by atoms with Gasteiger partial charge < -0.3 is 23.8 Å². The number of hydrogen-bond acceptors (Lipinski definition) is 5. The van der Waals surface area contributed by atoms with Gasteiger partial charge in [0.15, 0.2) is 0 Å². The van der Waals surface area contributed by atoms with Crippen LogP contribution in [0.3, 0.4) is 0 Å². The van der Waals surface area contributed by atoms with Gasteiger partial charge in [-0.2, -0.15) is 0 Å². The van der Waals surface area contributed by atoms with Crippen LogP contribution >= 0.6 is 15.9 Å². The summed E-state index contributed by atoms with van der Waals surface area (Å²) in [5.41, 5.74) is 0. The van der Waals surface area contributed by atoms with Crippen molar-refractivity contribution in [3.63, 3.8) is 0 Å². The van der Waals surface area contributed by atoms with Crippen LogP contribution in [0.15, 0.2) is 0 Å². The number of ether oxygens (including phenoxy) is 4. The van der Waals surface area contributed by atoms with Crippen LogP contribution < -0.4 is 0 Å². The minimum Gasteiger partial charge on any atom is -0.383 e. The van der Waals surface area contributed by atoms with Crippen molar-refractivity contribution in [2.75, 3.05) is 73.5 Å². The van der Waals surface area contributed by atoms with E-state index in [9.17, 15) is 0 Å². The van der Waals surface area contributed by atoms with E-state index in [1.807, 2.05) is 0 Å². The van der Waals surface area contributed by atoms with E-state index in [0.29, 0.717) is 31.3 Å². The van der Waals surface area contributed by atoms with Crippen molar-refractivity contribution in [3.8, 4) is 0 Å². The number of hydrogen-bond donors (Lipinski definition) is 0. The van der Waals surface area contributed by atoms with Crippen molar-refractivity contribution >= 4 is 15.9 Å². The Morgan fingerprint density at radius 1 is 0.952 bits per heavy atom. The van der Waals surface area contributed by atoms with Gasteiger partial charge in [0.05, 0.1) is 44.5 Å². The monoisotopic (exact) mass is 369 g/mol. The zero-order valence-electron chi connectivity index (χ0n) is 13.8. The van der Waals surface area contributed by atoms with E-state index < -0.39 is 0 Å². The molecule has 0 aromatic rings. The third-order valence-electron chi connectivity index (χ3n) is 2.86. The van der Waals surface area contributed by atoms with E-state index in [0.717, 1.165) is 39.3 Å². The molecule has 0 amide bonds. The van der Waals surface area contributed by atoms with Crippen molar-refractivity contribution in [1.82, 2.24) is 4.90 Å². The van der Waals surface area contributed by atoms with Gasteiger partial charge in [-0.25, -0.2) is 0 Å². The molecule has 0 fully saturated rings. The fraction of sp³-hybridized carbons (Fsp3) is 1.00. The Morgan fingerprint density at radius 3 is 2.10 bits per heavy atom. The summed E-state index contributed by atoms with van der Waals surface area (Å²) in [6, 6.07) is 0. The highest BCUT2D eigenvalue weighted by Gasteiger charge is 2.07. The molecule has 0 radical (unpaired) electrons. The summed E-state index contributed by atoms with van der Waals surface area (Å²) in [7, 11) is 3.80. The number of rotatable bonds is 16. The number of unbranched alkanes of at least 4 members (excludes halogenated alkanes) is 1. The van der Waals surface area contributed by atoms with Gasteiger partial charge >= 0.3 is 0 Å². The highest BCUT2D eigenvalue weighted by atomic mass is 79.9. The molecule has 0 bridgehead atoms. The number of nitrogens with zero attached hydrogens (tertiary/aromatic N) is 1. The maximum atomic E-state index is 5.54. The molecule has 6 heteroatoms. The third kappa shape index (κ3) is 16.5. The Hall–Kier alpha value is 0.280. The molecular weight excluding hydrogens is 338 g/mol. The van der Waals surface area contributed by atoms with Crippen LogP contribution in [-0.2, 0) is 18.9 Å². The van der Waals surface area contributed by atoms with E-state index in [4.69, 9.17) is 18.9 Å². The smallest absolute Gasteiger partial charge is 0.0701 e. The summed E-state index contributed by atoms with van der Waals surface area (Å²) in [6.07, 6.45) is 2.29. The number of methoxy groups -OCH3 is 1. The minimum atomic E-state index is 0.364. The van der Waals surface area contributed by atoms with Gasteiger partial charge in [0, 0.05) is 26.8 Å². The molecule has 0 aromatic carbocycles. The van der Waals surface area contributed by atoms with Crippen molar-refractivity contribution in [2.24, 2.45) is 0 Å². The van der Waals surface area contributed by atoms with Crippen LogP contribution in [0.2, 0.25) is 0 Å². The minimum absolute atomic E-state index is 0.364. The Labute approximate surface area is 138 Å². The van der Waals surface area contributed by atoms with Crippen LogP contribution in [0.1, 0.15) is 19.8 Å². The lowest BCUT2D eigenvalue weighted by atomic mass is 10.4. The van der Waals surface area contributed by atoms with E-state index >= 15 is 0 Å². The van der Waals surface area contributed by atoms with E-state index in [2.05, 4.69) is 34.8 Å². The fourth-order valence-corrected chi connectivity index (χ4v) is 2.43. The second-order valence-corrected chi connectivity index (χ2v) is 6.30. The topological polar surface area (TPSA) is 40.2 Å². The van der Waals surface area contributed by atoms with E-state index in [1.165, 1.54) is 6.42 Å². The van der Waals surface area contributed by atoms with E-state index in [-0.39, 0.29) is 0 Å². The molecule has 0 spiro atoms. The van der Waals surface area contributed by atoms with Crippen molar-refractivity contribution in [1.29, 1.82) is 0 Å². The molecule has 1 atom stereocenters. The lowest BCUT2D eigenvalue weighted by Gasteiger charge is -2.19. The lowest BCUT2D eigenvalue weighted by Crippen LogP contribution is -2.31. The van der Waals surface area contributed by atoms with Crippen molar-refractivity contribution < 1.29 is 18.9 Å². The summed E-state index contributed by atoms with van der Waals surface area (Å²) in [5.74, 6) is 0. The predicted octanol–water partition coefficient (Wildman–Crippen LogP) is 2.18. The second kappa shape index (κ2) is 16.6. The SMILES string of the molecule is CCCCOCCOCCOCCN(C)CC(Br)COC. The lowest BCUT2D eigenvalue weighted by molar-refractivity contribution is 0.0110. The first-order chi connectivity index (χ1) is 10.2. The molecule has 0 heterocycles. The maximum absolute atomic E-state index is 5.54. The van der Waals surface area contributed by atoms with Gasteiger partial charge in [0.2, 0.25) is 0 Å². The Kier molecular flexibility index (Phi) is 16.9. The Morgan fingerprint density at radius 2 is 1.52 bits per heavy atom. The highest BCUT2D eigenvalue weighted by Crippen LogP contribution is 2.01. The van der Waals surface area contributed by atoms with Crippen molar-refractivity contribution in [2.45, 2.75) is 24.6 Å². The number of halogens is 1. The molecule has 0 saturated heterocycles. The maximum Gasteiger partial charge on any atom is 0.0701 e. The normalized spacial score (nSPS) is 13.0. The average molecular weight is 370 g/mol. The van der Waals surface area contributed by atoms with Crippen LogP contribution in [0, 0.1) is 0 Å². The average Bonchev–Trinajstić information content (AvgIpc) is 2.45. The molecule has 0 saturated carbocycles. The van der Waals surface area contributed by atoms with Crippen LogP contribution in [0.4, 0.5) is 0 Å². The molecule has 0 aliphatic heterocycles. The zero-order valence-corrected chi connectivity index (χ0v) is 15.4. The van der Waals surface area contributed by atoms with Gasteiger partial charge in [-0.3, -0.25) is 0 Å². The van der Waals surface area contributed by atoms with Crippen LogP contribution in [0.25, 0.3) is 0 Å². The Balaban J connectivity index is 3.17. The summed E-state index contributed by atoms with van der Waals surface area (Å²) in [5, 5.41) is 0. The molecule has 0 aromatic heterocycles. The number of likely N-dealkylation sites (N-methyl/N-ethyl adjacent to an activating group) is 1. The third-order valence-corrected chi connectivity index (χ3v) is 3.41. The fourth-order valence-electron chi connectivity index (χ4n) is 1.67. The van der Waals surface area contributed by atoms with Crippen LogP contribution in [0.5, 0.6) is 0 Å². The molecule has 1 unspecified atom stereocenters. The summed E-state index contributed by atoms with van der Waals surface area (Å²) >= 11 is 3.57. The predicted molar refractivity (Wildman–Crippen MR) is 89.5 cm³/mol. The van der Waals surface area contributed by atoms with Gasteiger partial charge in [-0.05, 0) is 13.5 Å². The molecule has 128 valence electrons. The number of alkyl halides is 1. The quantitative estimate of drug-likeness (QED) is 0.308. The summed E-state index contributed by atoms with van der Waals surface area (Å²) < 4.78 is 21.5. The van der Waals surface area contributed by atoms with Gasteiger partial charge in [0.1, 0.15) is 0 Å². The van der Waals surface area contributed by atoms with Crippen LogP contribution in [-0.4, -0.2) is 83.2 Å². The zero-order chi connectivity index (χ0) is 15.8. The van der Waals surface area contributed by atoms with Crippen molar-refractivity contribution in [3.05, 3.63) is 0 Å². The molecule has 0 N–H and O–H groups in total. The molecule has 0 aliphatic carbocycles. The molecule has 21 heavy (non-hydrogen) atoms. The standard InChI is InChI=1S/C15H32BrNO4/c1-4-5-7-19-9-11-21-12-10-20-8-6-17(2)13-15(16)14-18-3/h15H,4-14H2,1-3H3. The first-order valence-electron chi connectivity index (χ1n) is 7.75. The van der Waals surface area contributed by atoms with E-state index in [1.54, 1.807) is 7.11 Å².